The van der Waals surface area contributed by atoms with Gasteiger partial charge in [-0.2, -0.15) is 4.39 Å². The number of hydrogen-bond donors (Lipinski definition) is 3. The Labute approximate surface area is 231 Å². The van der Waals surface area contributed by atoms with Crippen molar-refractivity contribution in [1.29, 1.82) is 0 Å². The van der Waals surface area contributed by atoms with E-state index in [1.165, 1.54) is 38.3 Å². The van der Waals surface area contributed by atoms with Crippen LogP contribution in [0.3, 0.4) is 0 Å². The van der Waals surface area contributed by atoms with Crippen LogP contribution in [0.25, 0.3) is 11.1 Å². The number of anilines is 2. The summed E-state index contributed by atoms with van der Waals surface area (Å²) in [7, 11) is 0. The molecule has 0 amide bonds. The van der Waals surface area contributed by atoms with Gasteiger partial charge in [0.25, 0.3) is 0 Å². The first-order chi connectivity index (χ1) is 18.0. The summed E-state index contributed by atoms with van der Waals surface area (Å²) in [6, 6.07) is 4.14. The first-order valence-corrected chi connectivity index (χ1v) is 16.7. The molecule has 3 heterocycles. The topological polar surface area (TPSA) is 79.3 Å². The van der Waals surface area contributed by atoms with Crippen LogP contribution in [0.2, 0.25) is 14.4 Å². The van der Waals surface area contributed by atoms with Gasteiger partial charge >= 0.3 is 184 Å². The number of aliphatic hydroxyl groups is 1. The zero-order valence-electron chi connectivity index (χ0n) is 21.4. The molecular formula is C28H39AsClFN4O2. The number of halogens is 2. The van der Waals surface area contributed by atoms with E-state index in [9.17, 15) is 9.50 Å². The zero-order valence-corrected chi connectivity index (χ0v) is 24.2. The van der Waals surface area contributed by atoms with Crippen molar-refractivity contribution in [3.63, 3.8) is 0 Å². The Morgan fingerprint density at radius 1 is 1.00 bits per heavy atom. The Kier molecular flexibility index (Phi) is 9.62. The Bertz CT molecular complexity index is 1030. The molecule has 2 saturated carbocycles. The third-order valence-corrected chi connectivity index (χ3v) is 13.0. The standard InChI is InChI=1S/C28H39AsClFN4O2/c30-24-17-33-27(35-21-7-5-20(6-8-21)29-23-3-1-2-4-26(23)36)14-22(24)19-13-25(28(31)34-16-19)32-15-18-9-11-37-12-10-18/h13-14,16-18,20-21,23,26,29,32,36H,1-12,15H2,(H,33,35)/t20-,21-,23-,26-/m0/s1. The quantitative estimate of drug-likeness (QED) is 0.255. The second-order valence-corrected chi connectivity index (χ2v) is 15.2. The molecule has 5 rings (SSSR count). The van der Waals surface area contributed by atoms with Crippen LogP contribution in [0.4, 0.5) is 15.9 Å². The van der Waals surface area contributed by atoms with Crippen molar-refractivity contribution in [3.05, 3.63) is 35.5 Å². The van der Waals surface area contributed by atoms with Gasteiger partial charge in [0.15, 0.2) is 0 Å². The molecule has 9 heteroatoms. The van der Waals surface area contributed by atoms with Gasteiger partial charge < -0.3 is 4.74 Å². The number of rotatable bonds is 8. The summed E-state index contributed by atoms with van der Waals surface area (Å²) < 4.78 is 21.3. The molecule has 0 aromatic carbocycles. The van der Waals surface area contributed by atoms with Crippen molar-refractivity contribution >= 4 is 38.9 Å². The molecule has 0 radical (unpaired) electrons. The predicted molar refractivity (Wildman–Crippen MR) is 149 cm³/mol. The number of ether oxygens (including phenoxy) is 1. The molecule has 2 aromatic rings. The van der Waals surface area contributed by atoms with Crippen LogP contribution in [0.5, 0.6) is 0 Å². The molecule has 3 fully saturated rings. The van der Waals surface area contributed by atoms with Gasteiger partial charge in [-0.05, 0) is 18.8 Å². The van der Waals surface area contributed by atoms with Crippen molar-refractivity contribution < 1.29 is 14.2 Å². The van der Waals surface area contributed by atoms with Crippen molar-refractivity contribution in [3.8, 4) is 11.1 Å². The Hall–Kier alpha value is -1.40. The van der Waals surface area contributed by atoms with E-state index in [0.29, 0.717) is 33.9 Å². The molecule has 2 aromatic heterocycles. The van der Waals surface area contributed by atoms with Gasteiger partial charge in [0.2, 0.25) is 0 Å². The first kappa shape index (κ1) is 27.2. The number of aliphatic hydroxyl groups excluding tert-OH is 1. The van der Waals surface area contributed by atoms with Crippen molar-refractivity contribution in [2.75, 3.05) is 30.4 Å². The summed E-state index contributed by atoms with van der Waals surface area (Å²) >= 11 is 6.42. The fourth-order valence-corrected chi connectivity index (χ4v) is 10.4. The summed E-state index contributed by atoms with van der Waals surface area (Å²) in [6.07, 6.45) is 14.6. The van der Waals surface area contributed by atoms with Crippen molar-refractivity contribution in [2.45, 2.75) is 85.8 Å². The summed E-state index contributed by atoms with van der Waals surface area (Å²) in [5.41, 5.74) is 1.97. The van der Waals surface area contributed by atoms with Crippen LogP contribution >= 0.6 is 11.6 Å². The average Bonchev–Trinajstić information content (AvgIpc) is 2.92. The summed E-state index contributed by atoms with van der Waals surface area (Å²) in [4.78, 5) is 8.53. The molecule has 37 heavy (non-hydrogen) atoms. The van der Waals surface area contributed by atoms with E-state index in [-0.39, 0.29) is 21.9 Å². The molecule has 1 saturated heterocycles. The molecule has 3 N–H and O–H groups in total. The minimum atomic E-state index is -0.500. The SMILES string of the molecule is O[C@H]1CCCC[C@@H]1[AsH][C@H]1CC[C@H](Nc2cc(-c3cnc(F)c(NCC4CCOCC4)c3)c(Cl)cn2)CC1. The van der Waals surface area contributed by atoms with E-state index >= 15 is 0 Å². The van der Waals surface area contributed by atoms with Gasteiger partial charge in [-0.15, -0.1) is 0 Å². The zero-order chi connectivity index (χ0) is 25.6. The van der Waals surface area contributed by atoms with Crippen LogP contribution in [0.1, 0.15) is 64.2 Å². The molecule has 3 atom stereocenters. The summed E-state index contributed by atoms with van der Waals surface area (Å²) in [5, 5.41) is 17.8. The summed E-state index contributed by atoms with van der Waals surface area (Å²) in [5.74, 6) is 0.769. The maximum absolute atomic E-state index is 14.5. The van der Waals surface area contributed by atoms with Gasteiger partial charge in [0.1, 0.15) is 0 Å². The van der Waals surface area contributed by atoms with E-state index < -0.39 is 5.95 Å². The van der Waals surface area contributed by atoms with E-state index in [2.05, 4.69) is 20.6 Å². The molecule has 1 unspecified atom stereocenters. The maximum atomic E-state index is 14.5. The average molecular weight is 593 g/mol. The molecular weight excluding hydrogens is 554 g/mol. The number of hydrogen-bond acceptors (Lipinski definition) is 6. The van der Waals surface area contributed by atoms with Gasteiger partial charge in [-0.1, -0.05) is 0 Å². The Morgan fingerprint density at radius 2 is 1.78 bits per heavy atom. The minimum absolute atomic E-state index is 0.0418. The fourth-order valence-electron chi connectivity index (χ4n) is 5.89. The number of pyridine rings is 2. The summed E-state index contributed by atoms with van der Waals surface area (Å²) in [6.45, 7) is 2.23. The molecule has 2 aliphatic carbocycles. The third kappa shape index (κ3) is 7.38. The fraction of sp³-hybridized carbons (Fsp3) is 0.643. The second kappa shape index (κ2) is 13.1. The first-order valence-electron chi connectivity index (χ1n) is 13.9. The molecule has 3 aliphatic rings. The van der Waals surface area contributed by atoms with Crippen LogP contribution in [-0.2, 0) is 4.74 Å². The van der Waals surface area contributed by atoms with E-state index in [1.807, 2.05) is 6.07 Å². The number of aromatic nitrogens is 2. The van der Waals surface area contributed by atoms with Crippen LogP contribution in [-0.4, -0.2) is 62.7 Å². The third-order valence-electron chi connectivity index (χ3n) is 8.19. The van der Waals surface area contributed by atoms with Gasteiger partial charge in [0.05, 0.1) is 0 Å². The molecule has 0 spiro atoms. The van der Waals surface area contributed by atoms with Crippen molar-refractivity contribution in [1.82, 2.24) is 9.97 Å². The molecule has 1 aliphatic heterocycles. The number of nitrogens with one attached hydrogen (secondary N) is 2. The van der Waals surface area contributed by atoms with Crippen LogP contribution in [0.15, 0.2) is 24.5 Å². The molecule has 0 bridgehead atoms. The molecule has 6 nitrogen and oxygen atoms in total. The van der Waals surface area contributed by atoms with Gasteiger partial charge in [-0.25, -0.2) is 0 Å². The van der Waals surface area contributed by atoms with Crippen molar-refractivity contribution in [2.24, 2.45) is 5.92 Å². The second-order valence-electron chi connectivity index (χ2n) is 10.9. The van der Waals surface area contributed by atoms with Gasteiger partial charge in [0, 0.05) is 19.8 Å². The number of nitrogens with zero attached hydrogens (tertiary/aromatic N) is 2. The van der Waals surface area contributed by atoms with Gasteiger partial charge in [-0.3, -0.25) is 0 Å². The Morgan fingerprint density at radius 3 is 2.57 bits per heavy atom. The Balaban J connectivity index is 1.18. The van der Waals surface area contributed by atoms with E-state index in [1.54, 1.807) is 12.3 Å². The van der Waals surface area contributed by atoms with E-state index in [4.69, 9.17) is 16.3 Å². The van der Waals surface area contributed by atoms with Crippen LogP contribution < -0.4 is 10.6 Å². The monoisotopic (exact) mass is 592 g/mol. The van der Waals surface area contributed by atoms with Crippen LogP contribution in [0, 0.1) is 11.9 Å². The normalized spacial score (nSPS) is 27.4. The predicted octanol–water partition coefficient (Wildman–Crippen LogP) is 6.08. The molecule has 202 valence electrons. The van der Waals surface area contributed by atoms with E-state index in [0.717, 1.165) is 67.0 Å².